The number of hydrogen-bond donors (Lipinski definition) is 1. The van der Waals surface area contributed by atoms with Crippen molar-refractivity contribution in [3.63, 3.8) is 0 Å². The molecule has 1 aliphatic rings. The summed E-state index contributed by atoms with van der Waals surface area (Å²) in [4.78, 5) is 19.3. The molecule has 0 saturated heterocycles. The maximum absolute atomic E-state index is 11.0. The maximum Gasteiger partial charge on any atom is 0.335 e. The van der Waals surface area contributed by atoms with E-state index in [0.717, 1.165) is 5.39 Å². The highest BCUT2D eigenvalue weighted by molar-refractivity contribution is 5.94. The molecule has 1 aliphatic carbocycles. The van der Waals surface area contributed by atoms with Crippen LogP contribution in [0.5, 0.6) is 5.88 Å². The first-order valence-electron chi connectivity index (χ1n) is 7.35. The van der Waals surface area contributed by atoms with Gasteiger partial charge < -0.3 is 9.84 Å². The Labute approximate surface area is 123 Å². The molecule has 110 valence electrons. The summed E-state index contributed by atoms with van der Waals surface area (Å²) in [5.41, 5.74) is 0.822. The second-order valence-electron chi connectivity index (χ2n) is 5.53. The third-order valence-electron chi connectivity index (χ3n) is 4.03. The van der Waals surface area contributed by atoms with Gasteiger partial charge in [-0.1, -0.05) is 19.3 Å². The highest BCUT2D eigenvalue weighted by Gasteiger charge is 2.15. The second-order valence-corrected chi connectivity index (χ2v) is 5.53. The van der Waals surface area contributed by atoms with Crippen LogP contribution in [0.15, 0.2) is 24.5 Å². The maximum atomic E-state index is 11.0. The predicted octanol–water partition coefficient (Wildman–Crippen LogP) is 3.29. The zero-order chi connectivity index (χ0) is 14.7. The summed E-state index contributed by atoms with van der Waals surface area (Å²) in [7, 11) is 0. The van der Waals surface area contributed by atoms with Crippen LogP contribution >= 0.6 is 0 Å². The molecule has 5 heteroatoms. The Morgan fingerprint density at radius 1 is 1.24 bits per heavy atom. The number of hydrogen-bond acceptors (Lipinski definition) is 4. The highest BCUT2D eigenvalue weighted by Crippen LogP contribution is 2.26. The zero-order valence-corrected chi connectivity index (χ0v) is 11.8. The fourth-order valence-electron chi connectivity index (χ4n) is 2.83. The number of carboxylic acids is 1. The molecule has 2 aromatic rings. The monoisotopic (exact) mass is 286 g/mol. The van der Waals surface area contributed by atoms with Gasteiger partial charge >= 0.3 is 5.97 Å². The van der Waals surface area contributed by atoms with E-state index in [9.17, 15) is 4.79 Å². The normalized spacial score (nSPS) is 16.0. The van der Waals surface area contributed by atoms with Crippen molar-refractivity contribution in [1.82, 2.24) is 9.97 Å². The third kappa shape index (κ3) is 3.12. The molecule has 0 amide bonds. The van der Waals surface area contributed by atoms with E-state index in [1.165, 1.54) is 38.4 Å². The van der Waals surface area contributed by atoms with Gasteiger partial charge in [-0.2, -0.15) is 0 Å². The predicted molar refractivity (Wildman–Crippen MR) is 78.6 cm³/mol. The summed E-state index contributed by atoms with van der Waals surface area (Å²) < 4.78 is 5.86. The van der Waals surface area contributed by atoms with Crippen LogP contribution < -0.4 is 4.74 Å². The molecule has 1 heterocycles. The molecule has 1 aromatic heterocycles. The minimum absolute atomic E-state index is 0.222. The molecule has 1 saturated carbocycles. The van der Waals surface area contributed by atoms with Gasteiger partial charge in [0, 0.05) is 0 Å². The average Bonchev–Trinajstić information content (AvgIpc) is 2.53. The van der Waals surface area contributed by atoms with Gasteiger partial charge in [0.05, 0.1) is 23.1 Å². The molecule has 21 heavy (non-hydrogen) atoms. The van der Waals surface area contributed by atoms with Crippen LogP contribution in [0.1, 0.15) is 42.5 Å². The molecule has 0 aliphatic heterocycles. The first kappa shape index (κ1) is 13.8. The van der Waals surface area contributed by atoms with Crippen LogP contribution in [0.4, 0.5) is 0 Å². The van der Waals surface area contributed by atoms with Gasteiger partial charge in [0.15, 0.2) is 0 Å². The van der Waals surface area contributed by atoms with E-state index >= 15 is 0 Å². The number of fused-ring (bicyclic) bond motifs is 1. The van der Waals surface area contributed by atoms with Crippen molar-refractivity contribution in [1.29, 1.82) is 0 Å². The molecular formula is C16H18N2O3. The van der Waals surface area contributed by atoms with Gasteiger partial charge in [-0.25, -0.2) is 14.8 Å². The van der Waals surface area contributed by atoms with Gasteiger partial charge in [-0.05, 0) is 37.0 Å². The summed E-state index contributed by atoms with van der Waals surface area (Å²) in [5.74, 6) is 0.185. The van der Waals surface area contributed by atoms with Gasteiger partial charge in [-0.15, -0.1) is 0 Å². The Kier molecular flexibility index (Phi) is 3.99. The van der Waals surface area contributed by atoms with E-state index in [1.54, 1.807) is 18.2 Å². The lowest BCUT2D eigenvalue weighted by Gasteiger charge is -2.21. The van der Waals surface area contributed by atoms with Crippen molar-refractivity contribution < 1.29 is 14.6 Å². The van der Waals surface area contributed by atoms with Crippen LogP contribution in [0.3, 0.4) is 0 Å². The topological polar surface area (TPSA) is 72.3 Å². The minimum atomic E-state index is -0.958. The number of rotatable bonds is 4. The van der Waals surface area contributed by atoms with E-state index in [0.29, 0.717) is 23.9 Å². The van der Waals surface area contributed by atoms with Gasteiger partial charge in [-0.3, -0.25) is 0 Å². The smallest absolute Gasteiger partial charge is 0.335 e. The van der Waals surface area contributed by atoms with E-state index in [1.807, 2.05) is 0 Å². The lowest BCUT2D eigenvalue weighted by Crippen LogP contribution is -2.15. The van der Waals surface area contributed by atoms with E-state index in [2.05, 4.69) is 9.97 Å². The number of carboxylic acid groups (broad SMARTS) is 1. The van der Waals surface area contributed by atoms with Gasteiger partial charge in [0.2, 0.25) is 5.88 Å². The van der Waals surface area contributed by atoms with Gasteiger partial charge in [0.1, 0.15) is 6.33 Å². The number of nitrogens with zero attached hydrogens (tertiary/aromatic N) is 2. The summed E-state index contributed by atoms with van der Waals surface area (Å²) in [5, 5.41) is 9.77. The Morgan fingerprint density at radius 3 is 2.81 bits per heavy atom. The first-order chi connectivity index (χ1) is 10.2. The van der Waals surface area contributed by atoms with E-state index < -0.39 is 5.97 Å². The lowest BCUT2D eigenvalue weighted by molar-refractivity contribution is 0.0697. The van der Waals surface area contributed by atoms with Crippen LogP contribution in [-0.4, -0.2) is 27.7 Å². The highest BCUT2D eigenvalue weighted by atomic mass is 16.5. The quantitative estimate of drug-likeness (QED) is 0.933. The molecule has 5 nitrogen and oxygen atoms in total. The largest absolute Gasteiger partial charge is 0.478 e. The Bertz CT molecular complexity index is 651. The zero-order valence-electron chi connectivity index (χ0n) is 11.8. The fraction of sp³-hybridized carbons (Fsp3) is 0.438. The Hall–Kier alpha value is -2.17. The molecule has 0 bridgehead atoms. The van der Waals surface area contributed by atoms with Crippen LogP contribution in [-0.2, 0) is 0 Å². The van der Waals surface area contributed by atoms with Gasteiger partial charge in [0.25, 0.3) is 0 Å². The molecular weight excluding hydrogens is 268 g/mol. The minimum Gasteiger partial charge on any atom is -0.478 e. The van der Waals surface area contributed by atoms with Crippen molar-refractivity contribution >= 4 is 16.9 Å². The molecule has 3 rings (SSSR count). The number of ether oxygens (including phenoxy) is 1. The standard InChI is InChI=1S/C16H18N2O3/c19-16(20)12-6-7-13-14(8-12)17-10-18-15(13)21-9-11-4-2-1-3-5-11/h6-8,10-11H,1-5,9H2,(H,19,20). The van der Waals surface area contributed by atoms with Crippen molar-refractivity contribution in [2.45, 2.75) is 32.1 Å². The average molecular weight is 286 g/mol. The number of benzene rings is 1. The molecule has 0 spiro atoms. The number of carbonyl (C=O) groups is 1. The molecule has 1 fully saturated rings. The summed E-state index contributed by atoms with van der Waals surface area (Å²) in [6.45, 7) is 0.673. The van der Waals surface area contributed by atoms with Crippen molar-refractivity contribution in [2.75, 3.05) is 6.61 Å². The van der Waals surface area contributed by atoms with Crippen molar-refractivity contribution in [3.05, 3.63) is 30.1 Å². The molecule has 0 radical (unpaired) electrons. The molecule has 1 aromatic carbocycles. The third-order valence-corrected chi connectivity index (χ3v) is 4.03. The fourth-order valence-corrected chi connectivity index (χ4v) is 2.83. The number of aromatic carboxylic acids is 1. The van der Waals surface area contributed by atoms with E-state index in [-0.39, 0.29) is 5.56 Å². The molecule has 0 atom stereocenters. The Balaban J connectivity index is 1.80. The molecule has 1 N–H and O–H groups in total. The molecule has 0 unspecified atom stereocenters. The Morgan fingerprint density at radius 2 is 2.05 bits per heavy atom. The van der Waals surface area contributed by atoms with Crippen LogP contribution in [0, 0.1) is 5.92 Å². The van der Waals surface area contributed by atoms with Crippen LogP contribution in [0.25, 0.3) is 10.9 Å². The summed E-state index contributed by atoms with van der Waals surface area (Å²) >= 11 is 0. The van der Waals surface area contributed by atoms with E-state index in [4.69, 9.17) is 9.84 Å². The van der Waals surface area contributed by atoms with Crippen LogP contribution in [0.2, 0.25) is 0 Å². The first-order valence-corrected chi connectivity index (χ1v) is 7.35. The lowest BCUT2D eigenvalue weighted by atomic mass is 9.90. The van der Waals surface area contributed by atoms with Crippen molar-refractivity contribution in [2.24, 2.45) is 5.92 Å². The second kappa shape index (κ2) is 6.08. The SMILES string of the molecule is O=C(O)c1ccc2c(OCC3CCCCC3)ncnc2c1. The van der Waals surface area contributed by atoms with Crippen molar-refractivity contribution in [3.8, 4) is 5.88 Å². The number of aromatic nitrogens is 2. The summed E-state index contributed by atoms with van der Waals surface area (Å²) in [6.07, 6.45) is 7.73. The summed E-state index contributed by atoms with van der Waals surface area (Å²) in [6, 6.07) is 4.82.